The van der Waals surface area contributed by atoms with E-state index in [0.29, 0.717) is 22.3 Å². The number of thiophene rings is 1. The second-order valence-corrected chi connectivity index (χ2v) is 17.7. The van der Waals surface area contributed by atoms with Crippen LogP contribution in [0.1, 0.15) is 8.22 Å². The van der Waals surface area contributed by atoms with E-state index in [1.165, 1.54) is 5.56 Å². The first-order chi connectivity index (χ1) is 35.8. The predicted molar refractivity (Wildman–Crippen MR) is 285 cm³/mol. The first-order valence-electron chi connectivity index (χ1n) is 25.3. The summed E-state index contributed by atoms with van der Waals surface area (Å²) < 4.78 is 56.4. The van der Waals surface area contributed by atoms with Gasteiger partial charge in [0.05, 0.1) is 25.0 Å². The van der Waals surface area contributed by atoms with Crippen LogP contribution in [0.2, 0.25) is 0 Å². The van der Waals surface area contributed by atoms with Crippen molar-refractivity contribution in [1.82, 2.24) is 9.97 Å². The molecule has 3 heteroatoms. The number of hydrogen-bond acceptors (Lipinski definition) is 3. The third kappa shape index (κ3) is 6.55. The fourth-order valence-corrected chi connectivity index (χ4v) is 11.3. The largest absolute Gasteiger partial charge is 0.254 e. The number of rotatable bonds is 7. The molecule has 13 rings (SSSR count). The summed E-state index contributed by atoms with van der Waals surface area (Å²) >= 11 is 1.72. The first kappa shape index (κ1) is 33.0. The summed E-state index contributed by atoms with van der Waals surface area (Å²) in [4.78, 5) is 11.8. The van der Waals surface area contributed by atoms with Gasteiger partial charge in [-0.3, -0.25) is 4.98 Å². The predicted octanol–water partition coefficient (Wildman–Crippen LogP) is 18.0. The van der Waals surface area contributed by atoms with Crippen molar-refractivity contribution in [3.8, 4) is 76.6 Å². The van der Waals surface area contributed by atoms with Crippen LogP contribution in [-0.2, 0) is 0 Å². The van der Waals surface area contributed by atoms with Gasteiger partial charge in [0, 0.05) is 49.0 Å². The Bertz CT molecular complexity index is 4330. The fraction of sp³-hybridized carbons (Fsp3) is 0. The van der Waals surface area contributed by atoms with E-state index in [-0.39, 0.29) is 46.1 Å². The Kier molecular flexibility index (Phi) is 7.98. The molecule has 312 valence electrons. The van der Waals surface area contributed by atoms with Crippen LogP contribution in [0.5, 0.6) is 0 Å². The van der Waals surface area contributed by atoms with Crippen molar-refractivity contribution in [2.45, 2.75) is 0 Å². The minimum Gasteiger partial charge on any atom is -0.254 e. The van der Waals surface area contributed by atoms with Gasteiger partial charge in [-0.25, -0.2) is 4.98 Å². The molecule has 67 heavy (non-hydrogen) atoms. The topological polar surface area (TPSA) is 25.8 Å². The molecular weight excluding hydrogens is 829 g/mol. The number of hydrogen-bond donors (Lipinski definition) is 0. The second-order valence-electron chi connectivity index (χ2n) is 16.7. The summed E-state index contributed by atoms with van der Waals surface area (Å²) in [7, 11) is 0. The molecule has 0 saturated carbocycles. The van der Waals surface area contributed by atoms with Gasteiger partial charge < -0.3 is 0 Å². The molecule has 13 aromatic rings. The molecule has 0 bridgehead atoms. The van der Waals surface area contributed by atoms with E-state index < -0.39 is 12.1 Å². The number of pyridine rings is 2. The van der Waals surface area contributed by atoms with Gasteiger partial charge in [-0.1, -0.05) is 218 Å². The molecule has 3 aromatic heterocycles. The molecular formula is C64H40N2S. The van der Waals surface area contributed by atoms with E-state index in [0.717, 1.165) is 81.0 Å². The molecule has 0 N–H and O–H groups in total. The van der Waals surface area contributed by atoms with Crippen molar-refractivity contribution in [3.05, 3.63) is 243 Å². The van der Waals surface area contributed by atoms with Gasteiger partial charge in [0.1, 0.15) is 0 Å². The standard InChI is InChI=1S/C64H40N2S/c1-4-18-41(19-5-1)57-52-29-12-14-31-54(52)60(55-32-15-13-30-53(55)57)64-59(43-22-8-3-9-23-43)58(42-20-6-2-7-21-42)63(67-64)47-25-16-24-46(40-47)48-36-37-51(50-28-11-10-27-49(48)50)56-38-35-45-34-33-44-26-17-39-65-61(44)62(45)66-56/h1-40H/i10D,11D,27D,28D,36D,37D. The molecule has 2 nitrogen and oxygen atoms in total. The van der Waals surface area contributed by atoms with Gasteiger partial charge >= 0.3 is 0 Å². The SMILES string of the molecule is [2H]c1c([2H])c([2H])c2c(-c3ccc4ccc5cccnc5c4n3)c([2H])c([2H])c(-c3cccc(-c4sc(-c5c6ccccc6c(-c6ccccc6)c6ccccc56)c(-c5ccccc5)c4-c4ccccc4)c3)c2c1[2H]. The molecule has 0 spiro atoms. The lowest BCUT2D eigenvalue weighted by Crippen LogP contribution is -1.91. The van der Waals surface area contributed by atoms with Crippen molar-refractivity contribution in [2.75, 3.05) is 0 Å². The molecule has 0 amide bonds. The lowest BCUT2D eigenvalue weighted by molar-refractivity contribution is 1.37. The Morgan fingerprint density at radius 1 is 0.343 bits per heavy atom. The maximum absolute atomic E-state index is 9.86. The average Bonchev–Trinajstić information content (AvgIpc) is 3.84. The quantitative estimate of drug-likeness (QED) is 0.118. The van der Waals surface area contributed by atoms with Crippen molar-refractivity contribution in [1.29, 1.82) is 0 Å². The highest BCUT2D eigenvalue weighted by Crippen LogP contribution is 2.56. The molecule has 0 unspecified atom stereocenters. The zero-order chi connectivity index (χ0) is 49.5. The molecule has 0 aliphatic rings. The number of nitrogens with zero attached hydrogens (tertiary/aromatic N) is 2. The number of fused-ring (bicyclic) bond motifs is 6. The van der Waals surface area contributed by atoms with Crippen LogP contribution in [0.25, 0.3) is 131 Å². The maximum Gasteiger partial charge on any atom is 0.0972 e. The second kappa shape index (κ2) is 16.2. The van der Waals surface area contributed by atoms with Gasteiger partial charge in [-0.05, 0) is 89.5 Å². The van der Waals surface area contributed by atoms with Gasteiger partial charge in [0.15, 0.2) is 0 Å². The van der Waals surface area contributed by atoms with Crippen LogP contribution in [0.15, 0.2) is 243 Å². The van der Waals surface area contributed by atoms with Crippen LogP contribution in [-0.4, -0.2) is 9.97 Å². The lowest BCUT2D eigenvalue weighted by Gasteiger charge is -2.18. The Morgan fingerprint density at radius 2 is 0.836 bits per heavy atom. The highest BCUT2D eigenvalue weighted by atomic mass is 32.1. The van der Waals surface area contributed by atoms with E-state index in [2.05, 4.69) is 138 Å². The van der Waals surface area contributed by atoms with Crippen LogP contribution in [0.4, 0.5) is 0 Å². The lowest BCUT2D eigenvalue weighted by atomic mass is 9.85. The first-order valence-corrected chi connectivity index (χ1v) is 23.1. The summed E-state index contributed by atoms with van der Waals surface area (Å²) in [5.74, 6) is 0. The van der Waals surface area contributed by atoms with Gasteiger partial charge in [-0.15, -0.1) is 11.3 Å². The van der Waals surface area contributed by atoms with Crippen molar-refractivity contribution in [3.63, 3.8) is 0 Å². The van der Waals surface area contributed by atoms with E-state index in [1.54, 1.807) is 23.6 Å². The smallest absolute Gasteiger partial charge is 0.0972 e. The number of benzene rings is 10. The average molecular weight is 875 g/mol. The zero-order valence-corrected chi connectivity index (χ0v) is 36.7. The van der Waals surface area contributed by atoms with Crippen molar-refractivity contribution in [2.24, 2.45) is 0 Å². The molecule has 0 atom stereocenters. The molecule has 0 radical (unpaired) electrons. The van der Waals surface area contributed by atoms with Crippen LogP contribution in [0.3, 0.4) is 0 Å². The van der Waals surface area contributed by atoms with E-state index in [4.69, 9.17) is 7.73 Å². The van der Waals surface area contributed by atoms with Gasteiger partial charge in [0.2, 0.25) is 0 Å². The Balaban J connectivity index is 1.10. The summed E-state index contributed by atoms with van der Waals surface area (Å²) in [5, 5.41) is 6.59. The van der Waals surface area contributed by atoms with Crippen molar-refractivity contribution < 1.29 is 8.22 Å². The highest BCUT2D eigenvalue weighted by Gasteiger charge is 2.27. The zero-order valence-electron chi connectivity index (χ0n) is 41.9. The summed E-state index contributed by atoms with van der Waals surface area (Å²) in [6.07, 6.45) is 1.71. The molecule has 0 aliphatic carbocycles. The van der Waals surface area contributed by atoms with Crippen molar-refractivity contribution >= 4 is 65.5 Å². The number of aromatic nitrogens is 2. The highest BCUT2D eigenvalue weighted by molar-refractivity contribution is 7.20. The molecule has 0 aliphatic heterocycles. The minimum absolute atomic E-state index is 0.139. The molecule has 3 heterocycles. The molecule has 0 saturated heterocycles. The molecule has 0 fully saturated rings. The fourth-order valence-electron chi connectivity index (χ4n) is 9.88. The minimum atomic E-state index is -0.424. The summed E-state index contributed by atoms with van der Waals surface area (Å²) in [5.41, 5.74) is 11.1. The van der Waals surface area contributed by atoms with Gasteiger partial charge in [-0.2, -0.15) is 0 Å². The molecule has 10 aromatic carbocycles. The Labute approximate surface area is 401 Å². The summed E-state index contributed by atoms with van der Waals surface area (Å²) in [6.45, 7) is 0. The van der Waals surface area contributed by atoms with Gasteiger partial charge in [0.25, 0.3) is 0 Å². The Hall–Kier alpha value is -8.50. The Morgan fingerprint density at radius 3 is 1.48 bits per heavy atom. The van der Waals surface area contributed by atoms with E-state index >= 15 is 0 Å². The van der Waals surface area contributed by atoms with E-state index in [9.17, 15) is 5.48 Å². The maximum atomic E-state index is 9.86. The third-order valence-corrected chi connectivity index (χ3v) is 14.1. The normalized spacial score (nSPS) is 12.8. The van der Waals surface area contributed by atoms with Crippen LogP contribution < -0.4 is 0 Å². The van der Waals surface area contributed by atoms with Crippen LogP contribution in [0, 0.1) is 0 Å². The monoisotopic (exact) mass is 874 g/mol. The van der Waals surface area contributed by atoms with Crippen LogP contribution >= 0.6 is 11.3 Å². The summed E-state index contributed by atoms with van der Waals surface area (Å²) in [6, 6.07) is 66.5. The third-order valence-electron chi connectivity index (χ3n) is 12.9. The van der Waals surface area contributed by atoms with E-state index in [1.807, 2.05) is 60.7 Å².